The third-order valence-corrected chi connectivity index (χ3v) is 5.65. The molecule has 0 aliphatic carbocycles. The van der Waals surface area contributed by atoms with Crippen LogP contribution in [0.25, 0.3) is 0 Å². The van der Waals surface area contributed by atoms with E-state index in [-0.39, 0.29) is 18.5 Å². The SMILES string of the molecule is CCNC(=O)NC(=O)CN1CCc2cc(OC)c(OC)cc2[C@@H]1c1cccs1. The number of methoxy groups -OCH3 is 2. The van der Waals surface area contributed by atoms with Crippen molar-refractivity contribution in [1.82, 2.24) is 15.5 Å². The van der Waals surface area contributed by atoms with Gasteiger partial charge in [0, 0.05) is 18.0 Å². The third kappa shape index (κ3) is 4.28. The lowest BCUT2D eigenvalue weighted by Gasteiger charge is -2.36. The number of hydrogen-bond acceptors (Lipinski definition) is 6. The van der Waals surface area contributed by atoms with Crippen molar-refractivity contribution in [2.24, 2.45) is 0 Å². The average Bonchev–Trinajstić information content (AvgIpc) is 3.20. The van der Waals surface area contributed by atoms with Gasteiger partial charge in [-0.05, 0) is 48.1 Å². The second kappa shape index (κ2) is 9.07. The van der Waals surface area contributed by atoms with Gasteiger partial charge in [0.25, 0.3) is 0 Å². The Hall–Kier alpha value is -2.58. The van der Waals surface area contributed by atoms with E-state index in [1.807, 2.05) is 23.6 Å². The monoisotopic (exact) mass is 403 g/mol. The molecule has 150 valence electrons. The van der Waals surface area contributed by atoms with Gasteiger partial charge in [0.15, 0.2) is 11.5 Å². The predicted octanol–water partition coefficient (Wildman–Crippen LogP) is 2.56. The number of ether oxygens (including phenoxy) is 2. The first-order valence-corrected chi connectivity index (χ1v) is 10.0. The van der Waals surface area contributed by atoms with Crippen LogP contribution < -0.4 is 20.1 Å². The summed E-state index contributed by atoms with van der Waals surface area (Å²) in [5.74, 6) is 1.04. The molecule has 1 atom stereocenters. The van der Waals surface area contributed by atoms with E-state index in [1.165, 1.54) is 5.56 Å². The maximum Gasteiger partial charge on any atom is 0.321 e. The second-order valence-electron chi connectivity index (χ2n) is 6.45. The first-order valence-electron chi connectivity index (χ1n) is 9.17. The van der Waals surface area contributed by atoms with Crippen molar-refractivity contribution in [2.45, 2.75) is 19.4 Å². The van der Waals surface area contributed by atoms with Crippen LogP contribution in [-0.2, 0) is 11.2 Å². The van der Waals surface area contributed by atoms with Gasteiger partial charge in [-0.15, -0.1) is 11.3 Å². The molecule has 1 aliphatic heterocycles. The smallest absolute Gasteiger partial charge is 0.321 e. The zero-order chi connectivity index (χ0) is 20.1. The summed E-state index contributed by atoms with van der Waals surface area (Å²) in [5.41, 5.74) is 2.27. The third-order valence-electron chi connectivity index (χ3n) is 4.72. The molecular weight excluding hydrogens is 378 g/mol. The van der Waals surface area contributed by atoms with E-state index in [0.29, 0.717) is 24.6 Å². The number of imide groups is 1. The number of hydrogen-bond donors (Lipinski definition) is 2. The Balaban J connectivity index is 1.91. The van der Waals surface area contributed by atoms with E-state index in [2.05, 4.69) is 21.6 Å². The quantitative estimate of drug-likeness (QED) is 0.775. The summed E-state index contributed by atoms with van der Waals surface area (Å²) in [4.78, 5) is 27.3. The van der Waals surface area contributed by atoms with Crippen LogP contribution in [0.2, 0.25) is 0 Å². The summed E-state index contributed by atoms with van der Waals surface area (Å²) in [6, 6.07) is 7.53. The molecule has 0 saturated carbocycles. The van der Waals surface area contributed by atoms with Crippen LogP contribution in [0.4, 0.5) is 4.79 Å². The highest BCUT2D eigenvalue weighted by atomic mass is 32.1. The van der Waals surface area contributed by atoms with E-state index < -0.39 is 6.03 Å². The molecule has 0 bridgehead atoms. The molecule has 28 heavy (non-hydrogen) atoms. The Labute approximate surface area is 168 Å². The number of fused-ring (bicyclic) bond motifs is 1. The lowest BCUT2D eigenvalue weighted by atomic mass is 9.91. The molecule has 2 aromatic rings. The summed E-state index contributed by atoms with van der Waals surface area (Å²) in [5, 5.41) is 6.99. The van der Waals surface area contributed by atoms with Crippen molar-refractivity contribution in [3.8, 4) is 11.5 Å². The molecule has 1 aliphatic rings. The molecular formula is C20H25N3O4S. The van der Waals surface area contributed by atoms with Gasteiger partial charge in [0.2, 0.25) is 5.91 Å². The van der Waals surface area contributed by atoms with E-state index in [9.17, 15) is 9.59 Å². The normalized spacial score (nSPS) is 16.2. The van der Waals surface area contributed by atoms with Crippen molar-refractivity contribution in [1.29, 1.82) is 0 Å². The zero-order valence-electron chi connectivity index (χ0n) is 16.3. The van der Waals surface area contributed by atoms with Crippen LogP contribution in [0.1, 0.15) is 29.0 Å². The molecule has 8 heteroatoms. The molecule has 2 N–H and O–H groups in total. The van der Waals surface area contributed by atoms with Crippen LogP contribution in [0.5, 0.6) is 11.5 Å². The fourth-order valence-electron chi connectivity index (χ4n) is 3.50. The number of thiophene rings is 1. The summed E-state index contributed by atoms with van der Waals surface area (Å²) >= 11 is 1.64. The molecule has 3 rings (SSSR count). The number of benzene rings is 1. The van der Waals surface area contributed by atoms with Gasteiger partial charge in [-0.2, -0.15) is 0 Å². The highest BCUT2D eigenvalue weighted by Crippen LogP contribution is 2.41. The van der Waals surface area contributed by atoms with Crippen LogP contribution >= 0.6 is 11.3 Å². The average molecular weight is 404 g/mol. The van der Waals surface area contributed by atoms with E-state index in [0.717, 1.165) is 16.9 Å². The van der Waals surface area contributed by atoms with Gasteiger partial charge in [-0.25, -0.2) is 4.79 Å². The minimum atomic E-state index is -0.469. The molecule has 0 spiro atoms. The number of nitrogens with zero attached hydrogens (tertiary/aromatic N) is 1. The minimum absolute atomic E-state index is 0.0801. The summed E-state index contributed by atoms with van der Waals surface area (Å²) in [6.07, 6.45) is 0.784. The Kier molecular flexibility index (Phi) is 6.53. The molecule has 0 fully saturated rings. The largest absolute Gasteiger partial charge is 0.493 e. The standard InChI is InChI=1S/C20H25N3O4S/c1-4-21-20(25)22-18(24)12-23-8-7-13-10-15(26-2)16(27-3)11-14(13)19(23)17-6-5-9-28-17/h5-6,9-11,19H,4,7-8,12H2,1-3H3,(H2,21,22,24,25)/t19-/m1/s1. The fourth-order valence-corrected chi connectivity index (χ4v) is 4.38. The molecule has 2 heterocycles. The van der Waals surface area contributed by atoms with Gasteiger partial charge < -0.3 is 14.8 Å². The molecule has 7 nitrogen and oxygen atoms in total. The number of urea groups is 1. The van der Waals surface area contributed by atoms with Crippen LogP contribution in [0.3, 0.4) is 0 Å². The Morgan fingerprint density at radius 2 is 2.00 bits per heavy atom. The highest BCUT2D eigenvalue weighted by Gasteiger charge is 2.32. The van der Waals surface area contributed by atoms with Gasteiger partial charge in [0.1, 0.15) is 0 Å². The predicted molar refractivity (Wildman–Crippen MR) is 108 cm³/mol. The Bertz CT molecular complexity index is 838. The maximum atomic E-state index is 12.4. The van der Waals surface area contributed by atoms with E-state index in [4.69, 9.17) is 9.47 Å². The molecule has 3 amide bonds. The summed E-state index contributed by atoms with van der Waals surface area (Å²) in [6.45, 7) is 3.11. The van der Waals surface area contributed by atoms with Crippen molar-refractivity contribution in [3.63, 3.8) is 0 Å². The van der Waals surface area contributed by atoms with Crippen molar-refractivity contribution in [3.05, 3.63) is 45.6 Å². The summed E-state index contributed by atoms with van der Waals surface area (Å²) in [7, 11) is 3.24. The highest BCUT2D eigenvalue weighted by molar-refractivity contribution is 7.10. The van der Waals surface area contributed by atoms with Gasteiger partial charge >= 0.3 is 6.03 Å². The first-order chi connectivity index (χ1) is 13.6. The zero-order valence-corrected chi connectivity index (χ0v) is 17.1. The van der Waals surface area contributed by atoms with Crippen LogP contribution in [0.15, 0.2) is 29.6 Å². The Morgan fingerprint density at radius 3 is 2.64 bits per heavy atom. The lowest BCUT2D eigenvalue weighted by Crippen LogP contribution is -2.47. The first kappa shape index (κ1) is 20.2. The number of amides is 3. The van der Waals surface area contributed by atoms with Crippen LogP contribution in [-0.4, -0.2) is 50.7 Å². The number of nitrogens with one attached hydrogen (secondary N) is 2. The lowest BCUT2D eigenvalue weighted by molar-refractivity contribution is -0.121. The number of carbonyl (C=O) groups excluding carboxylic acids is 2. The number of rotatable bonds is 6. The van der Waals surface area contributed by atoms with Gasteiger partial charge in [0.05, 0.1) is 26.8 Å². The minimum Gasteiger partial charge on any atom is -0.493 e. The number of carbonyl (C=O) groups is 2. The topological polar surface area (TPSA) is 79.9 Å². The van der Waals surface area contributed by atoms with Crippen LogP contribution in [0, 0.1) is 0 Å². The van der Waals surface area contributed by atoms with E-state index in [1.54, 1.807) is 32.5 Å². The fraction of sp³-hybridized carbons (Fsp3) is 0.400. The van der Waals surface area contributed by atoms with Crippen molar-refractivity contribution >= 4 is 23.3 Å². The maximum absolute atomic E-state index is 12.4. The molecule has 1 aromatic heterocycles. The van der Waals surface area contributed by atoms with Gasteiger partial charge in [-0.1, -0.05) is 6.07 Å². The van der Waals surface area contributed by atoms with Crippen molar-refractivity contribution < 1.29 is 19.1 Å². The van der Waals surface area contributed by atoms with Crippen molar-refractivity contribution in [2.75, 3.05) is 33.9 Å². The molecule has 0 unspecified atom stereocenters. The molecule has 0 saturated heterocycles. The molecule has 0 radical (unpaired) electrons. The van der Waals surface area contributed by atoms with E-state index >= 15 is 0 Å². The summed E-state index contributed by atoms with van der Waals surface area (Å²) < 4.78 is 10.9. The second-order valence-corrected chi connectivity index (χ2v) is 7.43. The van der Waals surface area contributed by atoms with Gasteiger partial charge in [-0.3, -0.25) is 15.0 Å². The molecule has 1 aromatic carbocycles. The Morgan fingerprint density at radius 1 is 1.25 bits per heavy atom.